The molecule has 3 heterocycles. The summed E-state index contributed by atoms with van der Waals surface area (Å²) in [6.07, 6.45) is 1.80. The molecule has 2 fully saturated rings. The van der Waals surface area contributed by atoms with Crippen molar-refractivity contribution in [3.63, 3.8) is 0 Å². The van der Waals surface area contributed by atoms with Gasteiger partial charge in [0.25, 0.3) is 0 Å². The van der Waals surface area contributed by atoms with E-state index < -0.39 is 7.12 Å². The molecule has 1 aromatic heterocycles. The lowest BCUT2D eigenvalue weighted by Crippen LogP contribution is -2.41. The zero-order chi connectivity index (χ0) is 16.7. The van der Waals surface area contributed by atoms with Crippen LogP contribution in [-0.2, 0) is 18.8 Å². The Morgan fingerprint density at radius 2 is 1.87 bits per heavy atom. The molecule has 2 saturated heterocycles. The van der Waals surface area contributed by atoms with Gasteiger partial charge in [-0.15, -0.1) is 11.3 Å². The summed E-state index contributed by atoms with van der Waals surface area (Å²) >= 11 is 1.62. The highest BCUT2D eigenvalue weighted by atomic mass is 32.1. The second-order valence-electron chi connectivity index (χ2n) is 6.87. The van der Waals surface area contributed by atoms with Crippen LogP contribution in [0.3, 0.4) is 0 Å². The normalized spacial score (nSPS) is 24.6. The molecule has 0 spiro atoms. The first-order valence-corrected chi connectivity index (χ1v) is 8.78. The molecule has 0 aromatic carbocycles. The molecule has 0 atom stereocenters. The van der Waals surface area contributed by atoms with Crippen LogP contribution < -0.4 is 5.73 Å². The smallest absolute Gasteiger partial charge is 0.400 e. The summed E-state index contributed by atoms with van der Waals surface area (Å²) in [5.74, 6) is 0. The first-order chi connectivity index (χ1) is 10.8. The minimum Gasteiger partial charge on any atom is -0.400 e. The van der Waals surface area contributed by atoms with Crippen molar-refractivity contribution in [2.24, 2.45) is 5.73 Å². The van der Waals surface area contributed by atoms with Crippen LogP contribution in [0.5, 0.6) is 0 Å². The third-order valence-corrected chi connectivity index (χ3v) is 5.61. The lowest BCUT2D eigenvalue weighted by molar-refractivity contribution is -0.0413. The van der Waals surface area contributed by atoms with Crippen LogP contribution in [0.15, 0.2) is 16.9 Å². The molecular weight excluding hydrogens is 313 g/mol. The first kappa shape index (κ1) is 17.1. The maximum absolute atomic E-state index is 6.08. The lowest BCUT2D eigenvalue weighted by Gasteiger charge is -2.32. The molecule has 2 aliphatic rings. The highest BCUT2D eigenvalue weighted by Crippen LogP contribution is 2.39. The van der Waals surface area contributed by atoms with Gasteiger partial charge in [0.15, 0.2) is 6.29 Å². The summed E-state index contributed by atoms with van der Waals surface area (Å²) < 4.78 is 23.2. The molecule has 126 valence electrons. The van der Waals surface area contributed by atoms with Gasteiger partial charge in [0.2, 0.25) is 0 Å². The largest absolute Gasteiger partial charge is 0.491 e. The highest BCUT2D eigenvalue weighted by molar-refractivity contribution is 7.10. The molecule has 0 bridgehead atoms. The molecule has 0 unspecified atom stereocenters. The van der Waals surface area contributed by atoms with Gasteiger partial charge in [-0.2, -0.15) is 0 Å². The molecule has 1 aromatic rings. The third-order valence-electron chi connectivity index (χ3n) is 4.64. The highest BCUT2D eigenvalue weighted by Gasteiger charge is 2.52. The van der Waals surface area contributed by atoms with Crippen LogP contribution >= 0.6 is 11.3 Å². The fraction of sp³-hybridized carbons (Fsp3) is 0.625. The van der Waals surface area contributed by atoms with Crippen molar-refractivity contribution in [3.05, 3.63) is 27.4 Å². The molecule has 7 heteroatoms. The van der Waals surface area contributed by atoms with Crippen molar-refractivity contribution in [2.75, 3.05) is 19.8 Å². The summed E-state index contributed by atoms with van der Waals surface area (Å²) in [6, 6.07) is 2.07. The Balaban J connectivity index is 1.77. The maximum atomic E-state index is 6.08. The van der Waals surface area contributed by atoms with Crippen LogP contribution in [0.1, 0.15) is 44.4 Å². The van der Waals surface area contributed by atoms with Crippen molar-refractivity contribution in [3.8, 4) is 0 Å². The SMILES string of the molecule is CC1(C)OB(C(=Cc2csc(C3OCCO3)c2)CN)OC1(C)C. The molecule has 0 aliphatic carbocycles. The van der Waals surface area contributed by atoms with E-state index in [0.717, 1.165) is 15.9 Å². The van der Waals surface area contributed by atoms with E-state index in [1.165, 1.54) is 0 Å². The molecular formula is C16H24BNO4S. The zero-order valence-corrected chi connectivity index (χ0v) is 14.9. The van der Waals surface area contributed by atoms with E-state index in [0.29, 0.717) is 19.8 Å². The lowest BCUT2D eigenvalue weighted by atomic mass is 9.77. The van der Waals surface area contributed by atoms with Crippen LogP contribution in [0.2, 0.25) is 0 Å². The van der Waals surface area contributed by atoms with Gasteiger partial charge in [0, 0.05) is 6.54 Å². The summed E-state index contributed by atoms with van der Waals surface area (Å²) in [7, 11) is -0.410. The fourth-order valence-electron chi connectivity index (χ4n) is 2.52. The quantitative estimate of drug-likeness (QED) is 0.856. The molecule has 5 nitrogen and oxygen atoms in total. The zero-order valence-electron chi connectivity index (χ0n) is 14.1. The van der Waals surface area contributed by atoms with Crippen molar-refractivity contribution >= 4 is 24.5 Å². The molecule has 3 rings (SSSR count). The maximum Gasteiger partial charge on any atom is 0.491 e. The summed E-state index contributed by atoms with van der Waals surface area (Å²) in [6.45, 7) is 9.85. The van der Waals surface area contributed by atoms with Gasteiger partial charge in [-0.05, 0) is 50.2 Å². The third kappa shape index (κ3) is 3.40. The number of thiophene rings is 1. The summed E-state index contributed by atoms with van der Waals surface area (Å²) in [4.78, 5) is 1.07. The average molecular weight is 337 g/mol. The monoisotopic (exact) mass is 337 g/mol. The van der Waals surface area contributed by atoms with Gasteiger partial charge in [-0.3, -0.25) is 0 Å². The standard InChI is InChI=1S/C16H24BNO4S/c1-15(2)16(3,4)22-17(21-15)12(9-18)7-11-8-13(23-10-11)14-19-5-6-20-14/h7-8,10,14H,5-6,9,18H2,1-4H3. The Morgan fingerprint density at radius 3 is 2.43 bits per heavy atom. The number of hydrogen-bond acceptors (Lipinski definition) is 6. The van der Waals surface area contributed by atoms with Crippen LogP contribution in [0.25, 0.3) is 6.08 Å². The number of nitrogens with two attached hydrogens (primary N) is 1. The Labute approximate surface area is 141 Å². The van der Waals surface area contributed by atoms with Gasteiger partial charge >= 0.3 is 7.12 Å². The van der Waals surface area contributed by atoms with E-state index in [9.17, 15) is 0 Å². The van der Waals surface area contributed by atoms with Crippen molar-refractivity contribution < 1.29 is 18.8 Å². The Bertz CT molecular complexity index is 577. The molecule has 2 aliphatic heterocycles. The predicted molar refractivity (Wildman–Crippen MR) is 92.1 cm³/mol. The van der Waals surface area contributed by atoms with E-state index in [-0.39, 0.29) is 17.5 Å². The van der Waals surface area contributed by atoms with Crippen molar-refractivity contribution in [1.82, 2.24) is 0 Å². The van der Waals surface area contributed by atoms with Crippen molar-refractivity contribution in [1.29, 1.82) is 0 Å². The second kappa shape index (κ2) is 6.31. The predicted octanol–water partition coefficient (Wildman–Crippen LogP) is 2.77. The molecule has 2 N–H and O–H groups in total. The summed E-state index contributed by atoms with van der Waals surface area (Å²) in [5, 5.41) is 2.07. The molecule has 0 saturated carbocycles. The Kier molecular flexibility index (Phi) is 4.70. The van der Waals surface area contributed by atoms with Gasteiger partial charge < -0.3 is 24.5 Å². The second-order valence-corrected chi connectivity index (χ2v) is 7.81. The Hall–Kier alpha value is -0.695. The average Bonchev–Trinajstić information content (AvgIpc) is 3.17. The molecule has 0 radical (unpaired) electrons. The molecule has 23 heavy (non-hydrogen) atoms. The number of hydrogen-bond donors (Lipinski definition) is 1. The Morgan fingerprint density at radius 1 is 1.26 bits per heavy atom. The number of rotatable bonds is 4. The van der Waals surface area contributed by atoms with Crippen LogP contribution in [0, 0.1) is 0 Å². The summed E-state index contributed by atoms with van der Waals surface area (Å²) in [5.41, 5.74) is 7.21. The van der Waals surface area contributed by atoms with Gasteiger partial charge in [-0.1, -0.05) is 6.08 Å². The van der Waals surface area contributed by atoms with E-state index >= 15 is 0 Å². The van der Waals surface area contributed by atoms with E-state index in [1.807, 2.05) is 33.8 Å². The fourth-order valence-corrected chi connectivity index (χ4v) is 3.38. The van der Waals surface area contributed by atoms with Crippen molar-refractivity contribution in [2.45, 2.75) is 45.2 Å². The van der Waals surface area contributed by atoms with Crippen LogP contribution in [-0.4, -0.2) is 38.1 Å². The topological polar surface area (TPSA) is 62.9 Å². The van der Waals surface area contributed by atoms with Gasteiger partial charge in [0.05, 0.1) is 29.3 Å². The molecule has 0 amide bonds. The first-order valence-electron chi connectivity index (χ1n) is 7.90. The minimum absolute atomic E-state index is 0.236. The van der Waals surface area contributed by atoms with Gasteiger partial charge in [-0.25, -0.2) is 0 Å². The minimum atomic E-state index is -0.410. The van der Waals surface area contributed by atoms with E-state index in [2.05, 4.69) is 11.4 Å². The van der Waals surface area contributed by atoms with Gasteiger partial charge in [0.1, 0.15) is 0 Å². The van der Waals surface area contributed by atoms with E-state index in [1.54, 1.807) is 11.3 Å². The van der Waals surface area contributed by atoms with E-state index in [4.69, 9.17) is 24.5 Å². The van der Waals surface area contributed by atoms with Crippen LogP contribution in [0.4, 0.5) is 0 Å². The number of ether oxygens (including phenoxy) is 2.